The van der Waals surface area contributed by atoms with E-state index in [-0.39, 0.29) is 18.4 Å². The smallest absolute Gasteiger partial charge is 0.167 e. The molecule has 0 amide bonds. The molecule has 0 bridgehead atoms. The number of imidazole rings is 1. The molecule has 14 heavy (non-hydrogen) atoms. The van der Waals surface area contributed by atoms with Gasteiger partial charge in [0, 0.05) is 31.2 Å². The van der Waals surface area contributed by atoms with Gasteiger partial charge >= 0.3 is 0 Å². The quantitative estimate of drug-likeness (QED) is 0.811. The van der Waals surface area contributed by atoms with E-state index in [4.69, 9.17) is 5.73 Å². The zero-order valence-corrected chi connectivity index (χ0v) is 10.4. The SMILES string of the molecule is CC(C)C(N)CSc1nccn1C.Cl. The number of halogens is 1. The number of aryl methyl sites for hydroxylation is 1. The van der Waals surface area contributed by atoms with E-state index >= 15 is 0 Å². The third kappa shape index (κ3) is 3.90. The molecular weight excluding hydrogens is 218 g/mol. The van der Waals surface area contributed by atoms with Gasteiger partial charge in [-0.1, -0.05) is 25.6 Å². The molecule has 0 radical (unpaired) electrons. The summed E-state index contributed by atoms with van der Waals surface area (Å²) in [6.45, 7) is 4.29. The van der Waals surface area contributed by atoms with Crippen LogP contribution in [0.25, 0.3) is 0 Å². The maximum atomic E-state index is 5.93. The number of aromatic nitrogens is 2. The highest BCUT2D eigenvalue weighted by atomic mass is 35.5. The predicted octanol–water partition coefficient (Wildman–Crippen LogP) is 1.92. The minimum Gasteiger partial charge on any atom is -0.329 e. The van der Waals surface area contributed by atoms with Gasteiger partial charge < -0.3 is 10.3 Å². The lowest BCUT2D eigenvalue weighted by Gasteiger charge is -2.14. The molecule has 2 N–H and O–H groups in total. The van der Waals surface area contributed by atoms with Gasteiger partial charge in [-0.3, -0.25) is 0 Å². The fraction of sp³-hybridized carbons (Fsp3) is 0.667. The van der Waals surface area contributed by atoms with Crippen LogP contribution < -0.4 is 5.73 Å². The molecule has 0 saturated heterocycles. The Morgan fingerprint density at radius 1 is 1.57 bits per heavy atom. The zero-order valence-electron chi connectivity index (χ0n) is 8.80. The van der Waals surface area contributed by atoms with Crippen LogP contribution in [0.15, 0.2) is 17.6 Å². The lowest BCUT2D eigenvalue weighted by atomic mass is 10.1. The van der Waals surface area contributed by atoms with Crippen LogP contribution in [0, 0.1) is 5.92 Å². The van der Waals surface area contributed by atoms with E-state index in [1.54, 1.807) is 11.8 Å². The molecule has 3 nitrogen and oxygen atoms in total. The van der Waals surface area contributed by atoms with Gasteiger partial charge in [0.1, 0.15) is 0 Å². The third-order valence-electron chi connectivity index (χ3n) is 2.04. The summed E-state index contributed by atoms with van der Waals surface area (Å²) in [5, 5.41) is 1.04. The molecule has 1 aromatic rings. The molecule has 0 fully saturated rings. The Labute approximate surface area is 95.9 Å². The van der Waals surface area contributed by atoms with Crippen molar-refractivity contribution in [3.63, 3.8) is 0 Å². The Kier molecular flexibility index (Phi) is 6.24. The summed E-state index contributed by atoms with van der Waals surface area (Å²) in [6, 6.07) is 0.252. The number of rotatable bonds is 4. The Bertz CT molecular complexity index is 262. The first-order valence-electron chi connectivity index (χ1n) is 4.47. The molecule has 0 aromatic carbocycles. The average molecular weight is 236 g/mol. The first kappa shape index (κ1) is 13.8. The van der Waals surface area contributed by atoms with Crippen molar-refractivity contribution in [1.82, 2.24) is 9.55 Å². The second-order valence-corrected chi connectivity index (χ2v) is 4.53. The number of nitrogens with two attached hydrogens (primary N) is 1. The number of nitrogens with zero attached hydrogens (tertiary/aromatic N) is 2. The molecule has 0 aliphatic heterocycles. The summed E-state index contributed by atoms with van der Waals surface area (Å²) in [4.78, 5) is 4.22. The maximum Gasteiger partial charge on any atom is 0.167 e. The van der Waals surface area contributed by atoms with Crippen molar-refractivity contribution in [1.29, 1.82) is 0 Å². The summed E-state index contributed by atoms with van der Waals surface area (Å²) in [5.41, 5.74) is 5.93. The molecule has 0 saturated carbocycles. The first-order valence-corrected chi connectivity index (χ1v) is 5.45. The Morgan fingerprint density at radius 2 is 2.21 bits per heavy atom. The van der Waals surface area contributed by atoms with Crippen molar-refractivity contribution in [2.75, 3.05) is 5.75 Å². The molecule has 82 valence electrons. The molecule has 0 aliphatic carbocycles. The fourth-order valence-electron chi connectivity index (χ4n) is 0.854. The maximum absolute atomic E-state index is 5.93. The molecule has 1 atom stereocenters. The summed E-state index contributed by atoms with van der Waals surface area (Å²) in [7, 11) is 2.00. The van der Waals surface area contributed by atoms with Crippen LogP contribution in [0.2, 0.25) is 0 Å². The molecular formula is C9H18ClN3S. The van der Waals surface area contributed by atoms with Crippen LogP contribution >= 0.6 is 24.2 Å². The number of hydrogen-bond donors (Lipinski definition) is 1. The Morgan fingerprint density at radius 3 is 2.64 bits per heavy atom. The number of thioether (sulfide) groups is 1. The average Bonchev–Trinajstić information content (AvgIpc) is 2.47. The molecule has 5 heteroatoms. The highest BCUT2D eigenvalue weighted by Gasteiger charge is 2.09. The van der Waals surface area contributed by atoms with Crippen LogP contribution in [-0.4, -0.2) is 21.3 Å². The van der Waals surface area contributed by atoms with Crippen LogP contribution in [0.4, 0.5) is 0 Å². The second kappa shape index (κ2) is 6.32. The van der Waals surface area contributed by atoms with E-state index in [0.717, 1.165) is 10.9 Å². The summed E-state index contributed by atoms with van der Waals surface area (Å²) in [5.74, 6) is 1.47. The second-order valence-electron chi connectivity index (χ2n) is 3.54. The Hall–Kier alpha value is -0.190. The van der Waals surface area contributed by atoms with E-state index in [2.05, 4.69) is 18.8 Å². The Balaban J connectivity index is 0.00000169. The fourth-order valence-corrected chi connectivity index (χ4v) is 1.98. The summed E-state index contributed by atoms with van der Waals surface area (Å²) >= 11 is 1.72. The van der Waals surface area contributed by atoms with Gasteiger partial charge in [-0.25, -0.2) is 4.98 Å². The van der Waals surface area contributed by atoms with Gasteiger partial charge in [-0.15, -0.1) is 12.4 Å². The van der Waals surface area contributed by atoms with Crippen molar-refractivity contribution in [2.24, 2.45) is 18.7 Å². The van der Waals surface area contributed by atoms with Crippen molar-refractivity contribution in [3.8, 4) is 0 Å². The minimum absolute atomic E-state index is 0. The lowest BCUT2D eigenvalue weighted by Crippen LogP contribution is -2.28. The monoisotopic (exact) mass is 235 g/mol. The van der Waals surface area contributed by atoms with Crippen molar-refractivity contribution >= 4 is 24.2 Å². The normalized spacial score (nSPS) is 12.6. The lowest BCUT2D eigenvalue weighted by molar-refractivity contribution is 0.535. The highest BCUT2D eigenvalue weighted by Crippen LogP contribution is 2.16. The molecule has 0 aliphatic rings. The minimum atomic E-state index is 0. The van der Waals surface area contributed by atoms with Crippen molar-refractivity contribution in [2.45, 2.75) is 25.0 Å². The van der Waals surface area contributed by atoms with E-state index in [0.29, 0.717) is 5.92 Å². The van der Waals surface area contributed by atoms with Gasteiger partial charge in [0.05, 0.1) is 0 Å². The van der Waals surface area contributed by atoms with Gasteiger partial charge in [0.15, 0.2) is 5.16 Å². The standard InChI is InChI=1S/C9H17N3S.ClH/c1-7(2)8(10)6-13-9-11-4-5-12(9)3;/h4-5,7-8H,6,10H2,1-3H3;1H. The van der Waals surface area contributed by atoms with E-state index in [9.17, 15) is 0 Å². The van der Waals surface area contributed by atoms with Gasteiger partial charge in [0.25, 0.3) is 0 Å². The van der Waals surface area contributed by atoms with Crippen LogP contribution in [0.5, 0.6) is 0 Å². The van der Waals surface area contributed by atoms with E-state index in [1.165, 1.54) is 0 Å². The van der Waals surface area contributed by atoms with Crippen LogP contribution in [0.1, 0.15) is 13.8 Å². The summed E-state index contributed by atoms with van der Waals surface area (Å²) in [6.07, 6.45) is 3.76. The van der Waals surface area contributed by atoms with Gasteiger partial charge in [-0.2, -0.15) is 0 Å². The largest absolute Gasteiger partial charge is 0.329 e. The molecule has 1 aromatic heterocycles. The van der Waals surface area contributed by atoms with E-state index in [1.807, 2.05) is 24.0 Å². The third-order valence-corrected chi connectivity index (χ3v) is 3.24. The van der Waals surface area contributed by atoms with Gasteiger partial charge in [0.2, 0.25) is 0 Å². The van der Waals surface area contributed by atoms with E-state index < -0.39 is 0 Å². The van der Waals surface area contributed by atoms with Crippen LogP contribution in [0.3, 0.4) is 0 Å². The summed E-state index contributed by atoms with van der Waals surface area (Å²) < 4.78 is 2.01. The molecule has 1 rings (SSSR count). The molecule has 0 spiro atoms. The van der Waals surface area contributed by atoms with Crippen LogP contribution in [-0.2, 0) is 7.05 Å². The van der Waals surface area contributed by atoms with Gasteiger partial charge in [-0.05, 0) is 5.92 Å². The van der Waals surface area contributed by atoms with Crippen molar-refractivity contribution < 1.29 is 0 Å². The zero-order chi connectivity index (χ0) is 9.84. The highest BCUT2D eigenvalue weighted by molar-refractivity contribution is 7.99. The van der Waals surface area contributed by atoms with Crippen molar-refractivity contribution in [3.05, 3.63) is 12.4 Å². The predicted molar refractivity (Wildman–Crippen MR) is 64.0 cm³/mol. The molecule has 1 unspecified atom stereocenters. The number of hydrogen-bond acceptors (Lipinski definition) is 3. The molecule has 1 heterocycles. The topological polar surface area (TPSA) is 43.8 Å². The first-order chi connectivity index (χ1) is 6.11.